The molecule has 6 nitrogen and oxygen atoms in total. The highest BCUT2D eigenvalue weighted by atomic mass is 16.5. The van der Waals surface area contributed by atoms with Crippen LogP contribution in [0.2, 0.25) is 0 Å². The first-order valence-electron chi connectivity index (χ1n) is 38.3. The van der Waals surface area contributed by atoms with Gasteiger partial charge >= 0.3 is 5.97 Å². The van der Waals surface area contributed by atoms with E-state index >= 15 is 0 Å². The monoisotopic (exact) mass is 1180 g/mol. The minimum absolute atomic E-state index is 0.0159. The third-order valence-corrected chi connectivity index (χ3v) is 17.9. The molecule has 0 radical (unpaired) electrons. The van der Waals surface area contributed by atoms with E-state index in [0.717, 1.165) is 44.9 Å². The van der Waals surface area contributed by atoms with Crippen molar-refractivity contribution in [3.63, 3.8) is 0 Å². The summed E-state index contributed by atoms with van der Waals surface area (Å²) in [6.45, 7) is 4.95. The summed E-state index contributed by atoms with van der Waals surface area (Å²) >= 11 is 0. The summed E-state index contributed by atoms with van der Waals surface area (Å²) in [4.78, 5) is 24.6. The summed E-state index contributed by atoms with van der Waals surface area (Å²) in [5.74, 6) is -0.0489. The minimum Gasteiger partial charge on any atom is -0.466 e. The number of hydrogen-bond donors (Lipinski definition) is 3. The van der Waals surface area contributed by atoms with Gasteiger partial charge in [-0.1, -0.05) is 384 Å². The Labute approximate surface area is 525 Å². The van der Waals surface area contributed by atoms with Crippen molar-refractivity contribution in [3.05, 3.63) is 36.5 Å². The number of aliphatic hydroxyl groups excluding tert-OH is 2. The highest BCUT2D eigenvalue weighted by Gasteiger charge is 2.18. The van der Waals surface area contributed by atoms with E-state index in [2.05, 4.69) is 43.5 Å². The molecule has 0 aliphatic carbocycles. The Morgan fingerprint density at radius 3 is 0.905 bits per heavy atom. The van der Waals surface area contributed by atoms with Crippen molar-refractivity contribution < 1.29 is 24.5 Å². The van der Waals surface area contributed by atoms with Gasteiger partial charge in [0.2, 0.25) is 5.91 Å². The summed E-state index contributed by atoms with van der Waals surface area (Å²) in [6.07, 6.45) is 95.3. The van der Waals surface area contributed by atoms with Crippen LogP contribution in [0.4, 0.5) is 0 Å². The van der Waals surface area contributed by atoms with Gasteiger partial charge in [-0.3, -0.25) is 9.59 Å². The summed E-state index contributed by atoms with van der Waals surface area (Å²) < 4.78 is 5.50. The number of hydrogen-bond acceptors (Lipinski definition) is 5. The lowest BCUT2D eigenvalue weighted by atomic mass is 10.0. The van der Waals surface area contributed by atoms with Crippen molar-refractivity contribution in [2.75, 3.05) is 13.2 Å². The number of esters is 1. The molecular weight excluding hydrogens is 1030 g/mol. The van der Waals surface area contributed by atoms with E-state index in [1.165, 1.54) is 353 Å². The molecule has 0 aromatic rings. The lowest BCUT2D eigenvalue weighted by Crippen LogP contribution is -2.45. The molecule has 2 atom stereocenters. The number of carbonyl (C=O) groups is 2. The minimum atomic E-state index is -0.847. The standard InChI is InChI=1S/C78H149NO5/c1-3-5-7-9-11-13-15-17-19-21-22-23-33-36-39-42-46-50-54-58-62-66-70-76(81)75(74-80)79-77(82)71-67-63-59-55-51-47-43-40-37-34-31-29-27-25-24-26-28-30-32-35-38-41-45-49-53-57-61-65-69-73-84-78(83)72-68-64-60-56-52-48-44-20-18-16-14-12-10-8-6-4-2/h24,26,30,32,66,70,75-76,80-81H,3-23,25,27-29,31,33-65,67-69,71-74H2,1-2H3,(H,79,82)/b26-24-,32-30-,70-66+. The smallest absolute Gasteiger partial charge is 0.305 e. The number of amides is 1. The fraction of sp³-hybridized carbons (Fsp3) is 0.897. The Balaban J connectivity index is 3.42. The van der Waals surface area contributed by atoms with Crippen LogP contribution >= 0.6 is 0 Å². The van der Waals surface area contributed by atoms with Crippen LogP contribution in [0.1, 0.15) is 425 Å². The number of aliphatic hydroxyl groups is 2. The van der Waals surface area contributed by atoms with Crippen LogP contribution in [0, 0.1) is 0 Å². The molecule has 0 aliphatic rings. The van der Waals surface area contributed by atoms with Crippen molar-refractivity contribution >= 4 is 11.9 Å². The predicted molar refractivity (Wildman–Crippen MR) is 370 cm³/mol. The summed E-state index contributed by atoms with van der Waals surface area (Å²) in [5.41, 5.74) is 0. The molecule has 496 valence electrons. The molecule has 84 heavy (non-hydrogen) atoms. The predicted octanol–water partition coefficient (Wildman–Crippen LogP) is 25.0. The highest BCUT2D eigenvalue weighted by molar-refractivity contribution is 5.76. The first-order valence-corrected chi connectivity index (χ1v) is 38.3. The molecule has 0 saturated heterocycles. The zero-order valence-corrected chi connectivity index (χ0v) is 56.9. The largest absolute Gasteiger partial charge is 0.466 e. The quantitative estimate of drug-likeness (QED) is 0.0320. The molecule has 0 aliphatic heterocycles. The SMILES string of the molecule is CCCCCCCCCCCCCCCCCCCCCC/C=C/C(O)C(CO)NC(=O)CCCCCCCCCCCCCCC/C=C\C/C=C\CCCCCCCCCCCOC(=O)CCCCCCCCCCCCCCCCCC. The zero-order valence-electron chi connectivity index (χ0n) is 56.9. The van der Waals surface area contributed by atoms with E-state index in [4.69, 9.17) is 4.74 Å². The van der Waals surface area contributed by atoms with Gasteiger partial charge < -0.3 is 20.3 Å². The van der Waals surface area contributed by atoms with Crippen LogP contribution in [-0.2, 0) is 14.3 Å². The molecule has 2 unspecified atom stereocenters. The molecule has 0 rings (SSSR count). The third kappa shape index (κ3) is 69.2. The number of rotatable bonds is 72. The van der Waals surface area contributed by atoms with Crippen molar-refractivity contribution in [2.45, 2.75) is 437 Å². The Kier molecular flexibility index (Phi) is 71.9. The van der Waals surface area contributed by atoms with Gasteiger partial charge in [-0.25, -0.2) is 0 Å². The van der Waals surface area contributed by atoms with Gasteiger partial charge in [0.1, 0.15) is 0 Å². The molecule has 0 aromatic heterocycles. The molecule has 3 N–H and O–H groups in total. The van der Waals surface area contributed by atoms with E-state index in [-0.39, 0.29) is 18.5 Å². The first-order chi connectivity index (χ1) is 41.5. The second-order valence-corrected chi connectivity index (χ2v) is 26.3. The lowest BCUT2D eigenvalue weighted by molar-refractivity contribution is -0.143. The molecular formula is C78H149NO5. The van der Waals surface area contributed by atoms with Gasteiger partial charge in [0.25, 0.3) is 0 Å². The molecule has 0 fully saturated rings. The first kappa shape index (κ1) is 82.1. The van der Waals surface area contributed by atoms with E-state index in [1.54, 1.807) is 6.08 Å². The average Bonchev–Trinajstić information content (AvgIpc) is 3.51. The van der Waals surface area contributed by atoms with E-state index in [0.29, 0.717) is 19.4 Å². The van der Waals surface area contributed by atoms with Crippen molar-refractivity contribution in [2.24, 2.45) is 0 Å². The normalized spacial score (nSPS) is 12.7. The van der Waals surface area contributed by atoms with Gasteiger partial charge in [0.05, 0.1) is 25.4 Å². The third-order valence-electron chi connectivity index (χ3n) is 17.9. The van der Waals surface area contributed by atoms with E-state index in [1.807, 2.05) is 6.08 Å². The zero-order chi connectivity index (χ0) is 60.6. The van der Waals surface area contributed by atoms with Crippen LogP contribution in [0.3, 0.4) is 0 Å². The summed E-state index contributed by atoms with van der Waals surface area (Å²) in [5, 5.41) is 23.3. The van der Waals surface area contributed by atoms with Crippen LogP contribution in [0.15, 0.2) is 36.5 Å². The summed E-state index contributed by atoms with van der Waals surface area (Å²) in [7, 11) is 0. The van der Waals surface area contributed by atoms with Gasteiger partial charge in [-0.05, 0) is 64.2 Å². The molecule has 1 amide bonds. The summed E-state index contributed by atoms with van der Waals surface area (Å²) in [6, 6.07) is -0.630. The Bertz CT molecular complexity index is 1360. The number of unbranched alkanes of at least 4 members (excludes halogenated alkanes) is 57. The fourth-order valence-electron chi connectivity index (χ4n) is 12.1. The molecule has 6 heteroatoms. The Morgan fingerprint density at radius 1 is 0.333 bits per heavy atom. The van der Waals surface area contributed by atoms with Crippen LogP contribution < -0.4 is 5.32 Å². The van der Waals surface area contributed by atoms with Gasteiger partial charge in [0, 0.05) is 12.8 Å². The number of carbonyl (C=O) groups excluding carboxylic acids is 2. The molecule has 0 bridgehead atoms. The highest BCUT2D eigenvalue weighted by Crippen LogP contribution is 2.19. The molecule has 0 heterocycles. The maximum Gasteiger partial charge on any atom is 0.305 e. The Hall–Kier alpha value is -1.92. The molecule has 0 spiro atoms. The van der Waals surface area contributed by atoms with Crippen molar-refractivity contribution in [1.29, 1.82) is 0 Å². The van der Waals surface area contributed by atoms with Gasteiger partial charge in [0.15, 0.2) is 0 Å². The second kappa shape index (κ2) is 73.5. The second-order valence-electron chi connectivity index (χ2n) is 26.3. The number of ether oxygens (including phenoxy) is 1. The lowest BCUT2D eigenvalue weighted by Gasteiger charge is -2.20. The Morgan fingerprint density at radius 2 is 0.595 bits per heavy atom. The van der Waals surface area contributed by atoms with Crippen molar-refractivity contribution in [3.8, 4) is 0 Å². The average molecular weight is 1180 g/mol. The van der Waals surface area contributed by atoms with Crippen LogP contribution in [0.5, 0.6) is 0 Å². The topological polar surface area (TPSA) is 95.9 Å². The van der Waals surface area contributed by atoms with Gasteiger partial charge in [-0.15, -0.1) is 0 Å². The number of allylic oxidation sites excluding steroid dienone is 5. The van der Waals surface area contributed by atoms with E-state index < -0.39 is 12.1 Å². The van der Waals surface area contributed by atoms with E-state index in [9.17, 15) is 19.8 Å². The molecule has 0 saturated carbocycles. The maximum absolute atomic E-state index is 12.5. The fourth-order valence-corrected chi connectivity index (χ4v) is 12.1. The van der Waals surface area contributed by atoms with Crippen LogP contribution in [-0.4, -0.2) is 47.4 Å². The molecule has 0 aromatic carbocycles. The van der Waals surface area contributed by atoms with Gasteiger partial charge in [-0.2, -0.15) is 0 Å². The maximum atomic E-state index is 12.5. The van der Waals surface area contributed by atoms with Crippen molar-refractivity contribution in [1.82, 2.24) is 5.32 Å². The van der Waals surface area contributed by atoms with Crippen LogP contribution in [0.25, 0.3) is 0 Å². The number of nitrogens with one attached hydrogen (secondary N) is 1.